The third-order valence-electron chi connectivity index (χ3n) is 5.16. The van der Waals surface area contributed by atoms with Crippen molar-refractivity contribution in [1.82, 2.24) is 24.4 Å². The minimum Gasteiger partial charge on any atom is -0.481 e. The zero-order chi connectivity index (χ0) is 23.5. The van der Waals surface area contributed by atoms with Gasteiger partial charge in [0.1, 0.15) is 5.69 Å². The zero-order valence-corrected chi connectivity index (χ0v) is 19.5. The van der Waals surface area contributed by atoms with Gasteiger partial charge in [-0.2, -0.15) is 0 Å². The molecule has 3 aromatic heterocycles. The molecule has 3 heterocycles. The van der Waals surface area contributed by atoms with Crippen molar-refractivity contribution in [2.24, 2.45) is 7.05 Å². The molecule has 1 N–H and O–H groups in total. The highest BCUT2D eigenvalue weighted by atomic mass is 79.9. The number of hydrogen-bond acceptors (Lipinski definition) is 6. The Morgan fingerprint density at radius 1 is 1.09 bits per heavy atom. The van der Waals surface area contributed by atoms with Crippen molar-refractivity contribution in [3.63, 3.8) is 0 Å². The topological polar surface area (TPSA) is 108 Å². The number of amides is 1. The number of nitrogens with zero attached hydrogens (tertiary/aromatic N) is 4. The molecule has 168 valence electrons. The Kier molecular flexibility index (Phi) is 6.36. The minimum absolute atomic E-state index is 0.0775. The summed E-state index contributed by atoms with van der Waals surface area (Å²) in [6.07, 6.45) is 2.97. The van der Waals surface area contributed by atoms with Crippen LogP contribution >= 0.6 is 15.9 Å². The highest BCUT2D eigenvalue weighted by Gasteiger charge is 2.15. The van der Waals surface area contributed by atoms with Gasteiger partial charge in [-0.1, -0.05) is 34.1 Å². The van der Waals surface area contributed by atoms with Gasteiger partial charge >= 0.3 is 5.69 Å². The summed E-state index contributed by atoms with van der Waals surface area (Å²) in [4.78, 5) is 46.9. The average molecular weight is 510 g/mol. The molecule has 10 heteroatoms. The molecule has 4 aromatic rings. The Bertz CT molecular complexity index is 1460. The molecule has 0 aliphatic heterocycles. The number of ether oxygens (including phenoxy) is 1. The monoisotopic (exact) mass is 509 g/mol. The van der Waals surface area contributed by atoms with Gasteiger partial charge < -0.3 is 10.1 Å². The molecule has 9 nitrogen and oxygen atoms in total. The molecule has 33 heavy (non-hydrogen) atoms. The molecular weight excluding hydrogens is 490 g/mol. The van der Waals surface area contributed by atoms with Crippen LogP contribution in [0.15, 0.2) is 68.9 Å². The molecule has 0 spiro atoms. The van der Waals surface area contributed by atoms with E-state index in [-0.39, 0.29) is 24.2 Å². The van der Waals surface area contributed by atoms with E-state index in [1.165, 1.54) is 23.9 Å². The Balaban J connectivity index is 1.64. The smallest absolute Gasteiger partial charge is 0.331 e. The van der Waals surface area contributed by atoms with E-state index in [4.69, 9.17) is 4.74 Å². The van der Waals surface area contributed by atoms with E-state index in [1.54, 1.807) is 25.4 Å². The predicted octanol–water partition coefficient (Wildman–Crippen LogP) is 2.24. The van der Waals surface area contributed by atoms with Gasteiger partial charge in [0, 0.05) is 30.3 Å². The standard InChI is InChI=1S/C23H20BrN5O4/c1-28-19-12-25-18(21(30)27-11-15-6-7-20(33-2)26-10-15)9-17(19)22(31)29(23(28)32)13-14-4-3-5-16(24)8-14/h3-10,12H,11,13H2,1-2H3,(H,27,30). The Labute approximate surface area is 196 Å². The fourth-order valence-electron chi connectivity index (χ4n) is 3.39. The first-order valence-corrected chi connectivity index (χ1v) is 10.8. The van der Waals surface area contributed by atoms with Gasteiger partial charge in [0.15, 0.2) is 0 Å². The van der Waals surface area contributed by atoms with Crippen molar-refractivity contribution in [2.75, 3.05) is 7.11 Å². The van der Waals surface area contributed by atoms with Crippen molar-refractivity contribution in [3.8, 4) is 5.88 Å². The van der Waals surface area contributed by atoms with E-state index in [0.717, 1.165) is 20.2 Å². The summed E-state index contributed by atoms with van der Waals surface area (Å²) in [5, 5.41) is 2.99. The second kappa shape index (κ2) is 9.37. The van der Waals surface area contributed by atoms with Crippen molar-refractivity contribution in [3.05, 3.63) is 97.0 Å². The summed E-state index contributed by atoms with van der Waals surface area (Å²) >= 11 is 3.40. The summed E-state index contributed by atoms with van der Waals surface area (Å²) in [7, 11) is 3.09. The number of halogens is 1. The fourth-order valence-corrected chi connectivity index (χ4v) is 3.84. The SMILES string of the molecule is COc1ccc(CNC(=O)c2cc3c(=O)n(Cc4cccc(Br)c4)c(=O)n(C)c3cn2)cn1. The molecule has 0 aliphatic rings. The van der Waals surface area contributed by atoms with Crippen LogP contribution in [-0.4, -0.2) is 32.1 Å². The fraction of sp³-hybridized carbons (Fsp3) is 0.174. The molecule has 0 unspecified atom stereocenters. The van der Waals surface area contributed by atoms with Crippen LogP contribution in [0.2, 0.25) is 0 Å². The van der Waals surface area contributed by atoms with E-state index in [9.17, 15) is 14.4 Å². The number of pyridine rings is 2. The lowest BCUT2D eigenvalue weighted by Crippen LogP contribution is -2.39. The predicted molar refractivity (Wildman–Crippen MR) is 126 cm³/mol. The van der Waals surface area contributed by atoms with Gasteiger partial charge in [-0.25, -0.2) is 14.8 Å². The maximum Gasteiger partial charge on any atom is 0.331 e. The van der Waals surface area contributed by atoms with Crippen LogP contribution in [0.1, 0.15) is 21.6 Å². The molecule has 0 radical (unpaired) electrons. The quantitative estimate of drug-likeness (QED) is 0.427. The summed E-state index contributed by atoms with van der Waals surface area (Å²) < 4.78 is 8.37. The molecule has 4 rings (SSSR count). The third kappa shape index (κ3) is 4.70. The van der Waals surface area contributed by atoms with Crippen LogP contribution in [-0.2, 0) is 20.1 Å². The number of rotatable bonds is 6. The van der Waals surface area contributed by atoms with Crippen molar-refractivity contribution < 1.29 is 9.53 Å². The highest BCUT2D eigenvalue weighted by molar-refractivity contribution is 9.10. The second-order valence-corrected chi connectivity index (χ2v) is 8.26. The maximum absolute atomic E-state index is 13.2. The van der Waals surface area contributed by atoms with Gasteiger partial charge in [0.05, 0.1) is 30.8 Å². The van der Waals surface area contributed by atoms with Crippen molar-refractivity contribution >= 4 is 32.7 Å². The molecule has 0 saturated heterocycles. The number of hydrogen-bond donors (Lipinski definition) is 1. The van der Waals surface area contributed by atoms with Crippen LogP contribution in [0.5, 0.6) is 5.88 Å². The van der Waals surface area contributed by atoms with Gasteiger partial charge in [0.2, 0.25) is 5.88 Å². The number of fused-ring (bicyclic) bond motifs is 1. The Morgan fingerprint density at radius 3 is 2.61 bits per heavy atom. The van der Waals surface area contributed by atoms with Gasteiger partial charge in [-0.05, 0) is 29.3 Å². The first kappa shape index (κ1) is 22.4. The number of benzene rings is 1. The molecular formula is C23H20BrN5O4. The van der Waals surface area contributed by atoms with Gasteiger partial charge in [0.25, 0.3) is 11.5 Å². The molecule has 0 bridgehead atoms. The number of methoxy groups -OCH3 is 1. The molecule has 1 amide bonds. The van der Waals surface area contributed by atoms with E-state index < -0.39 is 17.2 Å². The lowest BCUT2D eigenvalue weighted by molar-refractivity contribution is 0.0946. The second-order valence-electron chi connectivity index (χ2n) is 7.34. The lowest BCUT2D eigenvalue weighted by Gasteiger charge is -2.12. The molecule has 1 aromatic carbocycles. The molecule has 0 saturated carbocycles. The van der Waals surface area contributed by atoms with E-state index in [2.05, 4.69) is 31.2 Å². The van der Waals surface area contributed by atoms with E-state index in [0.29, 0.717) is 11.4 Å². The van der Waals surface area contributed by atoms with Crippen molar-refractivity contribution in [2.45, 2.75) is 13.1 Å². The Morgan fingerprint density at radius 2 is 1.91 bits per heavy atom. The summed E-state index contributed by atoms with van der Waals surface area (Å²) in [5.74, 6) is 0.0329. The normalized spacial score (nSPS) is 10.9. The summed E-state index contributed by atoms with van der Waals surface area (Å²) in [6, 6.07) is 12.3. The maximum atomic E-state index is 13.2. The van der Waals surface area contributed by atoms with Crippen LogP contribution < -0.4 is 21.3 Å². The van der Waals surface area contributed by atoms with E-state index >= 15 is 0 Å². The average Bonchev–Trinajstić information content (AvgIpc) is 2.83. The number of aryl methyl sites for hydroxylation is 1. The zero-order valence-electron chi connectivity index (χ0n) is 17.9. The molecule has 0 fully saturated rings. The summed E-state index contributed by atoms with van der Waals surface area (Å²) in [5.41, 5.74) is 1.06. The number of carbonyl (C=O) groups is 1. The van der Waals surface area contributed by atoms with Crippen LogP contribution in [0.25, 0.3) is 10.9 Å². The van der Waals surface area contributed by atoms with Crippen LogP contribution in [0.4, 0.5) is 0 Å². The first-order chi connectivity index (χ1) is 15.9. The lowest BCUT2D eigenvalue weighted by atomic mass is 10.2. The van der Waals surface area contributed by atoms with E-state index in [1.807, 2.05) is 24.3 Å². The highest BCUT2D eigenvalue weighted by Crippen LogP contribution is 2.13. The molecule has 0 aliphatic carbocycles. The van der Waals surface area contributed by atoms with Gasteiger partial charge in [-0.3, -0.25) is 18.7 Å². The minimum atomic E-state index is -0.483. The third-order valence-corrected chi connectivity index (χ3v) is 5.65. The number of aromatic nitrogens is 4. The first-order valence-electron chi connectivity index (χ1n) is 9.98. The number of nitrogens with one attached hydrogen (secondary N) is 1. The van der Waals surface area contributed by atoms with Crippen molar-refractivity contribution in [1.29, 1.82) is 0 Å². The summed E-state index contributed by atoms with van der Waals surface area (Å²) in [6.45, 7) is 0.338. The Hall–Kier alpha value is -3.79. The largest absolute Gasteiger partial charge is 0.481 e. The van der Waals surface area contributed by atoms with Crippen LogP contribution in [0, 0.1) is 0 Å². The molecule has 0 atom stereocenters. The number of carbonyl (C=O) groups excluding carboxylic acids is 1. The van der Waals surface area contributed by atoms with Gasteiger partial charge in [-0.15, -0.1) is 0 Å². The van der Waals surface area contributed by atoms with Crippen LogP contribution in [0.3, 0.4) is 0 Å².